The maximum absolute atomic E-state index is 13.7. The van der Waals surface area contributed by atoms with Crippen molar-refractivity contribution in [1.29, 1.82) is 0 Å². The molecule has 2 aromatic carbocycles. The van der Waals surface area contributed by atoms with Crippen molar-refractivity contribution in [2.75, 3.05) is 26.3 Å². The van der Waals surface area contributed by atoms with E-state index in [0.29, 0.717) is 37.6 Å². The maximum atomic E-state index is 13.7. The summed E-state index contributed by atoms with van der Waals surface area (Å²) in [4.78, 5) is 6.14. The van der Waals surface area contributed by atoms with Crippen LogP contribution in [0.5, 0.6) is 0 Å². The number of aliphatic hydroxyl groups is 1. The normalized spacial score (nSPS) is 16.0. The van der Waals surface area contributed by atoms with E-state index in [1.54, 1.807) is 59.2 Å². The third kappa shape index (κ3) is 4.35. The minimum absolute atomic E-state index is 0.0714. The van der Waals surface area contributed by atoms with Crippen molar-refractivity contribution in [2.24, 2.45) is 0 Å². The van der Waals surface area contributed by atoms with Crippen molar-refractivity contribution in [3.05, 3.63) is 78.4 Å². The number of nitrogens with zero attached hydrogens (tertiary/aromatic N) is 4. The van der Waals surface area contributed by atoms with E-state index in [-0.39, 0.29) is 17.0 Å². The van der Waals surface area contributed by atoms with Gasteiger partial charge in [0.1, 0.15) is 11.9 Å². The Kier molecular flexibility index (Phi) is 5.94. The Balaban J connectivity index is 1.46. The number of rotatable bonds is 5. The van der Waals surface area contributed by atoms with E-state index in [4.69, 9.17) is 9.26 Å². The molecule has 0 radical (unpaired) electrons. The van der Waals surface area contributed by atoms with Crippen LogP contribution in [-0.2, 0) is 10.9 Å². The van der Waals surface area contributed by atoms with E-state index in [1.165, 1.54) is 12.5 Å². The van der Waals surface area contributed by atoms with E-state index in [1.807, 2.05) is 4.90 Å². The number of halogens is 3. The highest BCUT2D eigenvalue weighted by atomic mass is 19.4. The van der Waals surface area contributed by atoms with Gasteiger partial charge in [-0.2, -0.15) is 13.2 Å². The predicted octanol–water partition coefficient (Wildman–Crippen LogP) is 4.54. The van der Waals surface area contributed by atoms with Gasteiger partial charge in [-0.3, -0.25) is 4.90 Å². The summed E-state index contributed by atoms with van der Waals surface area (Å²) in [7, 11) is 0. The number of imidazole rings is 1. The average molecular weight is 470 g/mol. The average Bonchev–Trinajstić information content (AvgIpc) is 3.52. The Morgan fingerprint density at radius 3 is 2.35 bits per heavy atom. The predicted molar refractivity (Wildman–Crippen MR) is 117 cm³/mol. The molecule has 1 fully saturated rings. The monoisotopic (exact) mass is 470 g/mol. The van der Waals surface area contributed by atoms with Crippen molar-refractivity contribution >= 4 is 0 Å². The van der Waals surface area contributed by atoms with Crippen molar-refractivity contribution < 1.29 is 27.5 Å². The molecule has 1 unspecified atom stereocenters. The van der Waals surface area contributed by atoms with Gasteiger partial charge in [0.15, 0.2) is 0 Å². The number of ether oxygens (including phenoxy) is 1. The zero-order valence-electron chi connectivity index (χ0n) is 17.9. The third-order valence-corrected chi connectivity index (χ3v) is 5.72. The molecule has 1 N–H and O–H groups in total. The molecule has 34 heavy (non-hydrogen) atoms. The van der Waals surface area contributed by atoms with Crippen molar-refractivity contribution in [1.82, 2.24) is 19.6 Å². The van der Waals surface area contributed by atoms with Crippen LogP contribution in [0.25, 0.3) is 28.2 Å². The molecule has 0 aliphatic carbocycles. The van der Waals surface area contributed by atoms with Crippen LogP contribution < -0.4 is 0 Å². The Bertz CT molecular complexity index is 1250. The second kappa shape index (κ2) is 9.05. The summed E-state index contributed by atoms with van der Waals surface area (Å²) in [5.41, 5.74) is 1.84. The summed E-state index contributed by atoms with van der Waals surface area (Å²) in [6.07, 6.45) is -2.54. The maximum Gasteiger partial charge on any atom is 0.453 e. The van der Waals surface area contributed by atoms with Crippen molar-refractivity contribution in [3.63, 3.8) is 0 Å². The molecule has 1 aliphatic heterocycles. The molecule has 5 rings (SSSR count). The fourth-order valence-electron chi connectivity index (χ4n) is 3.96. The number of aromatic nitrogens is 3. The van der Waals surface area contributed by atoms with Gasteiger partial charge in [-0.05, 0) is 17.7 Å². The van der Waals surface area contributed by atoms with E-state index >= 15 is 0 Å². The lowest BCUT2D eigenvalue weighted by molar-refractivity contribution is -0.154. The van der Waals surface area contributed by atoms with E-state index in [2.05, 4.69) is 10.1 Å². The van der Waals surface area contributed by atoms with Gasteiger partial charge in [-0.15, -0.1) is 0 Å². The highest BCUT2D eigenvalue weighted by Crippen LogP contribution is 2.42. The van der Waals surface area contributed by atoms with Gasteiger partial charge in [0.2, 0.25) is 5.76 Å². The van der Waals surface area contributed by atoms with E-state index in [0.717, 1.165) is 5.56 Å². The van der Waals surface area contributed by atoms with E-state index in [9.17, 15) is 18.3 Å². The topological polar surface area (TPSA) is 76.5 Å². The number of alkyl halides is 3. The summed E-state index contributed by atoms with van der Waals surface area (Å²) < 4.78 is 52.6. The van der Waals surface area contributed by atoms with Crippen molar-refractivity contribution in [2.45, 2.75) is 12.4 Å². The molecule has 1 saturated heterocycles. The molecular weight excluding hydrogens is 449 g/mol. The van der Waals surface area contributed by atoms with Gasteiger partial charge >= 0.3 is 6.18 Å². The van der Waals surface area contributed by atoms with Gasteiger partial charge in [0.05, 0.1) is 30.8 Å². The van der Waals surface area contributed by atoms with Gasteiger partial charge in [0.25, 0.3) is 0 Å². The van der Waals surface area contributed by atoms with Crippen LogP contribution in [0.15, 0.2) is 71.6 Å². The van der Waals surface area contributed by atoms with Crippen LogP contribution in [0.3, 0.4) is 0 Å². The first-order valence-corrected chi connectivity index (χ1v) is 10.7. The van der Waals surface area contributed by atoms with Gasteiger partial charge in [-0.25, -0.2) is 4.98 Å². The highest BCUT2D eigenvalue weighted by molar-refractivity contribution is 5.80. The number of aliphatic hydroxyl groups excluding tert-OH is 1. The van der Waals surface area contributed by atoms with Gasteiger partial charge in [-0.1, -0.05) is 47.6 Å². The largest absolute Gasteiger partial charge is 0.453 e. The lowest BCUT2D eigenvalue weighted by Crippen LogP contribution is -2.38. The molecular formula is C24H21F3N4O3. The van der Waals surface area contributed by atoms with Crippen LogP contribution in [0, 0.1) is 0 Å². The molecule has 1 aliphatic rings. The zero-order chi connectivity index (χ0) is 23.7. The van der Waals surface area contributed by atoms with Crippen LogP contribution in [0.4, 0.5) is 13.2 Å². The van der Waals surface area contributed by atoms with Gasteiger partial charge < -0.3 is 18.9 Å². The Morgan fingerprint density at radius 2 is 1.68 bits per heavy atom. The summed E-state index contributed by atoms with van der Waals surface area (Å²) in [5, 5.41) is 14.3. The second-order valence-electron chi connectivity index (χ2n) is 7.88. The zero-order valence-corrected chi connectivity index (χ0v) is 17.9. The number of hydrogen-bond acceptors (Lipinski definition) is 6. The Morgan fingerprint density at radius 1 is 0.971 bits per heavy atom. The Hall–Kier alpha value is -3.47. The molecule has 7 nitrogen and oxygen atoms in total. The lowest BCUT2D eigenvalue weighted by atomic mass is 10.0. The first kappa shape index (κ1) is 22.3. The van der Waals surface area contributed by atoms with E-state index < -0.39 is 18.2 Å². The molecule has 10 heteroatoms. The summed E-state index contributed by atoms with van der Waals surface area (Å²) >= 11 is 0. The number of benzene rings is 2. The molecule has 0 saturated carbocycles. The molecule has 0 bridgehead atoms. The molecule has 2 aromatic heterocycles. The summed E-state index contributed by atoms with van der Waals surface area (Å²) in [5.74, 6) is -1.19. The fraction of sp³-hybridized carbons (Fsp3) is 0.250. The molecule has 1 atom stereocenters. The quantitative estimate of drug-likeness (QED) is 0.462. The first-order valence-electron chi connectivity index (χ1n) is 10.7. The highest BCUT2D eigenvalue weighted by Gasteiger charge is 2.41. The third-order valence-electron chi connectivity index (χ3n) is 5.72. The fourth-order valence-corrected chi connectivity index (χ4v) is 3.96. The molecule has 0 spiro atoms. The summed E-state index contributed by atoms with van der Waals surface area (Å²) in [6.45, 7) is 2.41. The molecule has 4 aromatic rings. The smallest absolute Gasteiger partial charge is 0.379 e. The molecule has 176 valence electrons. The van der Waals surface area contributed by atoms with Crippen LogP contribution in [0.2, 0.25) is 0 Å². The standard InChI is InChI=1S/C24H21F3N4O3/c25-24(26,27)22-20(21(29-34-22)16-4-2-1-3-5-16)19-14-31(15-28-19)18-8-6-17(7-9-18)23(32)30-10-12-33-13-11-30/h1-9,14-15,23,32H,10-13H2. The number of morpholine rings is 1. The minimum Gasteiger partial charge on any atom is -0.379 e. The van der Waals surface area contributed by atoms with Crippen LogP contribution in [0.1, 0.15) is 17.6 Å². The van der Waals surface area contributed by atoms with Crippen LogP contribution in [-0.4, -0.2) is 51.0 Å². The SMILES string of the molecule is OC(c1ccc(-n2cnc(-c3c(-c4ccccc4)noc3C(F)(F)F)c2)cc1)N1CCOCC1. The van der Waals surface area contributed by atoms with Crippen molar-refractivity contribution in [3.8, 4) is 28.2 Å². The molecule has 3 heterocycles. The Labute approximate surface area is 193 Å². The van der Waals surface area contributed by atoms with Crippen LogP contribution >= 0.6 is 0 Å². The lowest BCUT2D eigenvalue weighted by Gasteiger charge is -2.31. The second-order valence-corrected chi connectivity index (χ2v) is 7.88. The van der Waals surface area contributed by atoms with Gasteiger partial charge in [0, 0.05) is 30.5 Å². The summed E-state index contributed by atoms with van der Waals surface area (Å²) in [6, 6.07) is 15.6. The number of hydrogen-bond donors (Lipinski definition) is 1. The first-order chi connectivity index (χ1) is 16.4. The molecule has 0 amide bonds. The minimum atomic E-state index is -4.73.